The Morgan fingerprint density at radius 1 is 1.09 bits per heavy atom. The van der Waals surface area contributed by atoms with Gasteiger partial charge in [-0.15, -0.1) is 0 Å². The summed E-state index contributed by atoms with van der Waals surface area (Å²) < 4.78 is 18.9. The summed E-state index contributed by atoms with van der Waals surface area (Å²) in [7, 11) is 0. The Morgan fingerprint density at radius 3 is 2.61 bits per heavy atom. The van der Waals surface area contributed by atoms with Crippen molar-refractivity contribution in [2.75, 3.05) is 11.9 Å². The molecule has 3 aromatic rings. The third-order valence-corrected chi connectivity index (χ3v) is 4.11. The Hall–Kier alpha value is -2.62. The standard InChI is InChI=1S/C19H18FNO2/c1-11-4-6-15(8-12(11)2)21-10-17(22)19-13(3)16-9-14(20)5-7-18(16)23-19/h4-9,21H,10H2,1-3H3. The highest BCUT2D eigenvalue weighted by Crippen LogP contribution is 2.26. The van der Waals surface area contributed by atoms with Crippen molar-refractivity contribution in [2.45, 2.75) is 20.8 Å². The zero-order valence-corrected chi connectivity index (χ0v) is 13.4. The molecule has 0 radical (unpaired) electrons. The van der Waals surface area contributed by atoms with Crippen molar-refractivity contribution >= 4 is 22.4 Å². The second-order valence-corrected chi connectivity index (χ2v) is 5.77. The van der Waals surface area contributed by atoms with Crippen molar-refractivity contribution in [3.05, 3.63) is 64.7 Å². The van der Waals surface area contributed by atoms with Crippen LogP contribution >= 0.6 is 0 Å². The average Bonchev–Trinajstić information content (AvgIpc) is 2.85. The number of carbonyl (C=O) groups is 1. The fourth-order valence-corrected chi connectivity index (χ4v) is 2.57. The molecular formula is C19H18FNO2. The van der Waals surface area contributed by atoms with E-state index in [1.807, 2.05) is 32.0 Å². The number of Topliss-reactive ketones (excluding diaryl/α,β-unsaturated/α-hetero) is 1. The number of carbonyl (C=O) groups excluding carboxylic acids is 1. The first-order chi connectivity index (χ1) is 11.0. The van der Waals surface area contributed by atoms with Gasteiger partial charge in [0.2, 0.25) is 5.78 Å². The van der Waals surface area contributed by atoms with Crippen LogP contribution in [0.1, 0.15) is 27.2 Å². The van der Waals surface area contributed by atoms with Gasteiger partial charge in [-0.2, -0.15) is 0 Å². The van der Waals surface area contributed by atoms with Crippen LogP contribution in [0.15, 0.2) is 40.8 Å². The molecule has 0 aliphatic carbocycles. The summed E-state index contributed by atoms with van der Waals surface area (Å²) >= 11 is 0. The van der Waals surface area contributed by atoms with Crippen molar-refractivity contribution in [2.24, 2.45) is 0 Å². The van der Waals surface area contributed by atoms with Crippen LogP contribution in [0.2, 0.25) is 0 Å². The molecule has 0 amide bonds. The smallest absolute Gasteiger partial charge is 0.217 e. The number of hydrogen-bond donors (Lipinski definition) is 1. The van der Waals surface area contributed by atoms with Crippen LogP contribution in [0.5, 0.6) is 0 Å². The molecule has 4 heteroatoms. The fourth-order valence-electron chi connectivity index (χ4n) is 2.57. The maximum absolute atomic E-state index is 13.3. The van der Waals surface area contributed by atoms with Gasteiger partial charge in [-0.25, -0.2) is 4.39 Å². The molecule has 0 unspecified atom stereocenters. The van der Waals surface area contributed by atoms with Crippen molar-refractivity contribution in [3.63, 3.8) is 0 Å². The summed E-state index contributed by atoms with van der Waals surface area (Å²) in [5.74, 6) is -0.215. The van der Waals surface area contributed by atoms with Gasteiger partial charge in [0.25, 0.3) is 0 Å². The van der Waals surface area contributed by atoms with Gasteiger partial charge in [0, 0.05) is 16.6 Å². The van der Waals surface area contributed by atoms with E-state index in [-0.39, 0.29) is 23.9 Å². The predicted molar refractivity (Wildman–Crippen MR) is 89.6 cm³/mol. The Balaban J connectivity index is 1.80. The molecule has 23 heavy (non-hydrogen) atoms. The number of halogens is 1. The van der Waals surface area contributed by atoms with Crippen LogP contribution in [0.3, 0.4) is 0 Å². The molecule has 1 aromatic heterocycles. The highest BCUT2D eigenvalue weighted by atomic mass is 19.1. The van der Waals surface area contributed by atoms with E-state index in [2.05, 4.69) is 5.32 Å². The van der Waals surface area contributed by atoms with Crippen molar-refractivity contribution in [1.29, 1.82) is 0 Å². The van der Waals surface area contributed by atoms with E-state index in [1.165, 1.54) is 17.7 Å². The molecule has 1 heterocycles. The number of fused-ring (bicyclic) bond motifs is 1. The zero-order valence-electron chi connectivity index (χ0n) is 13.4. The highest BCUT2D eigenvalue weighted by Gasteiger charge is 2.17. The molecule has 0 bridgehead atoms. The summed E-state index contributed by atoms with van der Waals surface area (Å²) in [6.07, 6.45) is 0. The fraction of sp³-hybridized carbons (Fsp3) is 0.211. The Morgan fingerprint density at radius 2 is 1.87 bits per heavy atom. The molecule has 0 saturated carbocycles. The van der Waals surface area contributed by atoms with Gasteiger partial charge in [-0.05, 0) is 62.2 Å². The molecule has 1 N–H and O–H groups in total. The second kappa shape index (κ2) is 5.88. The first-order valence-corrected chi connectivity index (χ1v) is 7.48. The van der Waals surface area contributed by atoms with E-state index in [9.17, 15) is 9.18 Å². The number of nitrogens with one attached hydrogen (secondary N) is 1. The van der Waals surface area contributed by atoms with Crippen LogP contribution in [0.25, 0.3) is 11.0 Å². The number of ketones is 1. The first-order valence-electron chi connectivity index (χ1n) is 7.48. The lowest BCUT2D eigenvalue weighted by Crippen LogP contribution is -2.14. The average molecular weight is 311 g/mol. The van der Waals surface area contributed by atoms with E-state index >= 15 is 0 Å². The monoisotopic (exact) mass is 311 g/mol. The van der Waals surface area contributed by atoms with Gasteiger partial charge < -0.3 is 9.73 Å². The summed E-state index contributed by atoms with van der Waals surface area (Å²) in [5.41, 5.74) is 4.46. The molecule has 3 rings (SSSR count). The van der Waals surface area contributed by atoms with Gasteiger partial charge in [0.05, 0.1) is 6.54 Å². The molecule has 0 spiro atoms. The Labute approximate surface area is 134 Å². The Kier molecular flexibility index (Phi) is 3.90. The van der Waals surface area contributed by atoms with E-state index in [0.29, 0.717) is 16.5 Å². The third kappa shape index (κ3) is 2.97. The number of hydrogen-bond acceptors (Lipinski definition) is 3. The molecule has 3 nitrogen and oxygen atoms in total. The molecular weight excluding hydrogens is 293 g/mol. The molecule has 0 saturated heterocycles. The maximum Gasteiger partial charge on any atom is 0.217 e. The lowest BCUT2D eigenvalue weighted by atomic mass is 10.1. The summed E-state index contributed by atoms with van der Waals surface area (Å²) in [6, 6.07) is 10.2. The van der Waals surface area contributed by atoms with E-state index in [1.54, 1.807) is 13.0 Å². The maximum atomic E-state index is 13.3. The summed E-state index contributed by atoms with van der Waals surface area (Å²) in [4.78, 5) is 12.4. The quantitative estimate of drug-likeness (QED) is 0.704. The van der Waals surface area contributed by atoms with Crippen LogP contribution in [-0.2, 0) is 0 Å². The number of rotatable bonds is 4. The lowest BCUT2D eigenvalue weighted by Gasteiger charge is -2.07. The van der Waals surface area contributed by atoms with Gasteiger partial charge >= 0.3 is 0 Å². The van der Waals surface area contributed by atoms with E-state index in [0.717, 1.165) is 11.3 Å². The highest BCUT2D eigenvalue weighted by molar-refractivity contribution is 6.02. The second-order valence-electron chi connectivity index (χ2n) is 5.77. The minimum Gasteiger partial charge on any atom is -0.453 e. The van der Waals surface area contributed by atoms with Crippen molar-refractivity contribution in [1.82, 2.24) is 0 Å². The molecule has 2 aromatic carbocycles. The van der Waals surface area contributed by atoms with Gasteiger partial charge in [0.15, 0.2) is 5.76 Å². The predicted octanol–water partition coefficient (Wildman–Crippen LogP) is 4.79. The van der Waals surface area contributed by atoms with Gasteiger partial charge in [-0.1, -0.05) is 6.07 Å². The SMILES string of the molecule is Cc1ccc(NCC(=O)c2oc3ccc(F)cc3c2C)cc1C. The minimum atomic E-state index is -0.339. The minimum absolute atomic E-state index is 0.131. The van der Waals surface area contributed by atoms with Gasteiger partial charge in [-0.3, -0.25) is 4.79 Å². The van der Waals surface area contributed by atoms with Gasteiger partial charge in [0.1, 0.15) is 11.4 Å². The van der Waals surface area contributed by atoms with Crippen LogP contribution in [0, 0.1) is 26.6 Å². The molecule has 0 fully saturated rings. The zero-order chi connectivity index (χ0) is 16.6. The largest absolute Gasteiger partial charge is 0.453 e. The first kappa shape index (κ1) is 15.3. The topological polar surface area (TPSA) is 42.2 Å². The lowest BCUT2D eigenvalue weighted by molar-refractivity contribution is 0.0981. The number of furan rings is 1. The molecule has 0 atom stereocenters. The normalized spacial score (nSPS) is 11.0. The van der Waals surface area contributed by atoms with Crippen molar-refractivity contribution < 1.29 is 13.6 Å². The molecule has 0 aliphatic heterocycles. The van der Waals surface area contributed by atoms with Crippen molar-refractivity contribution in [3.8, 4) is 0 Å². The number of benzene rings is 2. The van der Waals surface area contributed by atoms with E-state index in [4.69, 9.17) is 4.42 Å². The summed E-state index contributed by atoms with van der Waals surface area (Å²) in [6.45, 7) is 5.97. The van der Waals surface area contributed by atoms with Crippen LogP contribution in [-0.4, -0.2) is 12.3 Å². The third-order valence-electron chi connectivity index (χ3n) is 4.11. The molecule has 0 aliphatic rings. The summed E-state index contributed by atoms with van der Waals surface area (Å²) in [5, 5.41) is 3.75. The number of anilines is 1. The van der Waals surface area contributed by atoms with Crippen LogP contribution in [0.4, 0.5) is 10.1 Å². The number of aryl methyl sites for hydroxylation is 3. The Bertz CT molecular complexity index is 896. The molecule has 118 valence electrons. The van der Waals surface area contributed by atoms with Crippen LogP contribution < -0.4 is 5.32 Å². The van der Waals surface area contributed by atoms with E-state index < -0.39 is 0 Å².